The first kappa shape index (κ1) is 16.4. The highest BCUT2D eigenvalue weighted by molar-refractivity contribution is 5.95. The summed E-state index contributed by atoms with van der Waals surface area (Å²) in [6.45, 7) is 4.32. The van der Waals surface area contributed by atoms with Gasteiger partial charge in [0.15, 0.2) is 0 Å². The number of para-hydroxylation sites is 1. The van der Waals surface area contributed by atoms with E-state index in [0.29, 0.717) is 36.5 Å². The Hall–Kier alpha value is -2.47. The Morgan fingerprint density at radius 2 is 2.12 bits per heavy atom. The number of aliphatic hydroxyl groups is 1. The Bertz CT molecular complexity index is 718. The molecule has 2 aromatic rings. The van der Waals surface area contributed by atoms with Crippen molar-refractivity contribution < 1.29 is 14.6 Å². The fourth-order valence-electron chi connectivity index (χ4n) is 2.79. The van der Waals surface area contributed by atoms with E-state index < -0.39 is 11.7 Å². The first-order chi connectivity index (χ1) is 11.5. The number of carbonyl (C=O) groups is 1. The zero-order valence-corrected chi connectivity index (χ0v) is 13.8. The van der Waals surface area contributed by atoms with Gasteiger partial charge in [-0.3, -0.25) is 4.79 Å². The summed E-state index contributed by atoms with van der Waals surface area (Å²) in [7, 11) is 0. The fourth-order valence-corrected chi connectivity index (χ4v) is 2.79. The van der Waals surface area contributed by atoms with Crippen LogP contribution in [0.5, 0.6) is 5.75 Å². The largest absolute Gasteiger partial charge is 0.486 e. The Balaban J connectivity index is 1.78. The first-order valence-electron chi connectivity index (χ1n) is 7.97. The van der Waals surface area contributed by atoms with Gasteiger partial charge in [-0.2, -0.15) is 0 Å². The van der Waals surface area contributed by atoms with Gasteiger partial charge in [0, 0.05) is 12.7 Å². The molecule has 1 saturated heterocycles. The molecule has 1 amide bonds. The number of piperidine rings is 1. The zero-order valence-electron chi connectivity index (χ0n) is 13.8. The predicted molar refractivity (Wildman–Crippen MR) is 88.8 cm³/mol. The van der Waals surface area contributed by atoms with E-state index in [-0.39, 0.29) is 5.91 Å². The van der Waals surface area contributed by atoms with E-state index in [1.54, 1.807) is 18.7 Å². The smallest absolute Gasteiger partial charge is 0.257 e. The molecule has 6 heteroatoms. The van der Waals surface area contributed by atoms with Crippen LogP contribution in [0.4, 0.5) is 0 Å². The molecule has 0 aliphatic carbocycles. The number of likely N-dealkylation sites (tertiary alicyclic amines) is 1. The summed E-state index contributed by atoms with van der Waals surface area (Å²) in [5.74, 6) is 0.543. The summed E-state index contributed by atoms with van der Waals surface area (Å²) < 4.78 is 5.94. The van der Waals surface area contributed by atoms with Gasteiger partial charge in [0.05, 0.1) is 17.8 Å². The maximum atomic E-state index is 12.7. The number of hydrogen-bond donors (Lipinski definition) is 1. The monoisotopic (exact) mass is 327 g/mol. The van der Waals surface area contributed by atoms with Crippen molar-refractivity contribution >= 4 is 5.91 Å². The molecule has 6 nitrogen and oxygen atoms in total. The van der Waals surface area contributed by atoms with Crippen molar-refractivity contribution in [3.8, 4) is 5.75 Å². The molecule has 1 aromatic carbocycles. The van der Waals surface area contributed by atoms with Crippen LogP contribution in [0.3, 0.4) is 0 Å². The topological polar surface area (TPSA) is 75.6 Å². The third kappa shape index (κ3) is 3.38. The molecule has 126 valence electrons. The van der Waals surface area contributed by atoms with E-state index in [1.165, 1.54) is 12.5 Å². The SMILES string of the molecule is Cc1ncncc1C(=O)N1CC[C@@](C)(O)[C@H](Oc2ccccc2)C1. The molecule has 0 radical (unpaired) electrons. The number of benzene rings is 1. The Kier molecular flexibility index (Phi) is 4.49. The minimum absolute atomic E-state index is 0.134. The lowest BCUT2D eigenvalue weighted by Gasteiger charge is -2.42. The van der Waals surface area contributed by atoms with Crippen molar-refractivity contribution in [1.82, 2.24) is 14.9 Å². The number of nitrogens with zero attached hydrogens (tertiary/aromatic N) is 3. The van der Waals surface area contributed by atoms with Crippen LogP contribution >= 0.6 is 0 Å². The van der Waals surface area contributed by atoms with Crippen molar-refractivity contribution in [1.29, 1.82) is 0 Å². The minimum Gasteiger partial charge on any atom is -0.486 e. The molecular weight excluding hydrogens is 306 g/mol. The molecule has 2 atom stereocenters. The second-order valence-corrected chi connectivity index (χ2v) is 6.30. The van der Waals surface area contributed by atoms with Gasteiger partial charge in [-0.05, 0) is 32.4 Å². The Morgan fingerprint density at radius 3 is 2.83 bits per heavy atom. The minimum atomic E-state index is -0.991. The molecule has 1 aromatic heterocycles. The quantitative estimate of drug-likeness (QED) is 0.931. The number of aryl methyl sites for hydroxylation is 1. The van der Waals surface area contributed by atoms with Crippen LogP contribution < -0.4 is 4.74 Å². The molecule has 0 saturated carbocycles. The average molecular weight is 327 g/mol. The number of carbonyl (C=O) groups excluding carboxylic acids is 1. The van der Waals surface area contributed by atoms with Crippen LogP contribution in [0.1, 0.15) is 29.4 Å². The summed E-state index contributed by atoms with van der Waals surface area (Å²) in [5, 5.41) is 10.6. The van der Waals surface area contributed by atoms with Crippen molar-refractivity contribution in [2.75, 3.05) is 13.1 Å². The summed E-state index contributed by atoms with van der Waals surface area (Å²) >= 11 is 0. The Morgan fingerprint density at radius 1 is 1.38 bits per heavy atom. The summed E-state index contributed by atoms with van der Waals surface area (Å²) in [5.41, 5.74) is 0.139. The number of rotatable bonds is 3. The average Bonchev–Trinajstić information content (AvgIpc) is 2.57. The highest BCUT2D eigenvalue weighted by atomic mass is 16.5. The van der Waals surface area contributed by atoms with Gasteiger partial charge >= 0.3 is 0 Å². The lowest BCUT2D eigenvalue weighted by Crippen LogP contribution is -2.57. The lowest BCUT2D eigenvalue weighted by molar-refractivity contribution is -0.0881. The van der Waals surface area contributed by atoms with E-state index in [1.807, 2.05) is 30.3 Å². The van der Waals surface area contributed by atoms with Crippen LogP contribution in [-0.4, -0.2) is 50.7 Å². The first-order valence-corrected chi connectivity index (χ1v) is 7.97. The lowest BCUT2D eigenvalue weighted by atomic mass is 9.90. The maximum Gasteiger partial charge on any atom is 0.257 e. The van der Waals surface area contributed by atoms with Crippen molar-refractivity contribution in [3.63, 3.8) is 0 Å². The third-order valence-corrected chi connectivity index (χ3v) is 4.42. The molecule has 1 fully saturated rings. The molecule has 3 rings (SSSR count). The zero-order chi connectivity index (χ0) is 17.2. The van der Waals surface area contributed by atoms with Gasteiger partial charge in [0.25, 0.3) is 5.91 Å². The van der Waals surface area contributed by atoms with Gasteiger partial charge in [-0.1, -0.05) is 18.2 Å². The molecule has 1 aliphatic heterocycles. The van der Waals surface area contributed by atoms with Crippen molar-refractivity contribution in [2.45, 2.75) is 32.0 Å². The number of amides is 1. The number of hydrogen-bond acceptors (Lipinski definition) is 5. The van der Waals surface area contributed by atoms with Crippen LogP contribution in [0.25, 0.3) is 0 Å². The van der Waals surface area contributed by atoms with Crippen LogP contribution in [0.2, 0.25) is 0 Å². The molecule has 0 unspecified atom stereocenters. The predicted octanol–water partition coefficient (Wildman–Crippen LogP) is 1.83. The molecule has 1 N–H and O–H groups in total. The summed E-state index contributed by atoms with van der Waals surface area (Å²) in [6, 6.07) is 9.33. The van der Waals surface area contributed by atoms with Crippen molar-refractivity contribution in [3.05, 3.63) is 54.1 Å². The second-order valence-electron chi connectivity index (χ2n) is 6.30. The molecule has 1 aliphatic rings. The highest BCUT2D eigenvalue weighted by Crippen LogP contribution is 2.27. The number of ether oxygens (including phenoxy) is 1. The van der Waals surface area contributed by atoms with Crippen LogP contribution in [0.15, 0.2) is 42.9 Å². The molecular formula is C18H21N3O3. The standard InChI is InChI=1S/C18H21N3O3/c1-13-15(10-19-12-20-13)17(22)21-9-8-18(2,23)16(11-21)24-14-6-4-3-5-7-14/h3-7,10,12,16,23H,8-9,11H2,1-2H3/t16-,18-/m1/s1. The number of aromatic nitrogens is 2. The maximum absolute atomic E-state index is 12.7. The molecule has 0 spiro atoms. The molecule has 24 heavy (non-hydrogen) atoms. The van der Waals surface area contributed by atoms with E-state index >= 15 is 0 Å². The van der Waals surface area contributed by atoms with Gasteiger partial charge in [0.2, 0.25) is 0 Å². The molecule has 0 bridgehead atoms. The van der Waals surface area contributed by atoms with E-state index in [2.05, 4.69) is 9.97 Å². The third-order valence-electron chi connectivity index (χ3n) is 4.42. The second kappa shape index (κ2) is 6.57. The van der Waals surface area contributed by atoms with Gasteiger partial charge in [-0.15, -0.1) is 0 Å². The van der Waals surface area contributed by atoms with E-state index in [4.69, 9.17) is 4.74 Å². The molecule has 2 heterocycles. The van der Waals surface area contributed by atoms with E-state index in [9.17, 15) is 9.90 Å². The van der Waals surface area contributed by atoms with Crippen LogP contribution in [0, 0.1) is 6.92 Å². The summed E-state index contributed by atoms with van der Waals surface area (Å²) in [4.78, 5) is 22.4. The Labute approximate surface area is 141 Å². The van der Waals surface area contributed by atoms with Gasteiger partial charge < -0.3 is 14.7 Å². The van der Waals surface area contributed by atoms with Crippen LogP contribution in [-0.2, 0) is 0 Å². The normalized spacial score (nSPS) is 23.8. The van der Waals surface area contributed by atoms with Crippen molar-refractivity contribution in [2.24, 2.45) is 0 Å². The van der Waals surface area contributed by atoms with E-state index in [0.717, 1.165) is 0 Å². The summed E-state index contributed by atoms with van der Waals surface area (Å²) in [6.07, 6.45) is 2.91. The highest BCUT2D eigenvalue weighted by Gasteiger charge is 2.41. The van der Waals surface area contributed by atoms with Gasteiger partial charge in [-0.25, -0.2) is 9.97 Å². The fraction of sp³-hybridized carbons (Fsp3) is 0.389. The van der Waals surface area contributed by atoms with Gasteiger partial charge in [0.1, 0.15) is 23.8 Å².